The Bertz CT molecular complexity index is 741. The van der Waals surface area contributed by atoms with E-state index in [9.17, 15) is 18.0 Å². The van der Waals surface area contributed by atoms with Crippen molar-refractivity contribution in [3.63, 3.8) is 0 Å². The predicted octanol–water partition coefficient (Wildman–Crippen LogP) is 4.97. The molecule has 0 fully saturated rings. The predicted molar refractivity (Wildman–Crippen MR) is 88.6 cm³/mol. The molecule has 1 aromatic heterocycles. The minimum absolute atomic E-state index is 0.0745. The molecule has 0 aliphatic heterocycles. The molecule has 0 saturated heterocycles. The molecule has 2 aromatic rings. The fourth-order valence-electron chi connectivity index (χ4n) is 1.70. The van der Waals surface area contributed by atoms with Crippen LogP contribution in [0, 0.1) is 0 Å². The van der Waals surface area contributed by atoms with E-state index in [2.05, 4.69) is 4.98 Å². The summed E-state index contributed by atoms with van der Waals surface area (Å²) in [7, 11) is 0. The number of nitrogens with one attached hydrogen (secondary N) is 1. The number of hydrogen-bond donors (Lipinski definition) is 1. The average Bonchev–Trinajstić information content (AvgIpc) is 2.53. The Balaban J connectivity index is 2.02. The lowest BCUT2D eigenvalue weighted by atomic mass is 10.3. The number of nitrogens with zero attached hydrogens (tertiary/aromatic N) is 1. The zero-order valence-electron chi connectivity index (χ0n) is 12.0. The molecule has 0 radical (unpaired) electrons. The molecule has 2 rings (SSSR count). The van der Waals surface area contributed by atoms with Crippen molar-refractivity contribution in [2.75, 3.05) is 6.54 Å². The lowest BCUT2D eigenvalue weighted by Crippen LogP contribution is -2.34. The molecule has 0 aliphatic rings. The van der Waals surface area contributed by atoms with Crippen LogP contribution in [0.25, 0.3) is 0 Å². The highest BCUT2D eigenvalue weighted by Gasteiger charge is 2.28. The Hall–Kier alpha value is -1.44. The normalized spacial score (nSPS) is 11.4. The fraction of sp³-hybridized carbons (Fsp3) is 0.200. The van der Waals surface area contributed by atoms with Gasteiger partial charge >= 0.3 is 6.18 Å². The molecule has 3 nitrogen and oxygen atoms in total. The first kappa shape index (κ1) is 18.9. The molecule has 0 spiro atoms. The molecule has 1 aromatic carbocycles. The van der Waals surface area contributed by atoms with Crippen LogP contribution in [-0.2, 0) is 5.75 Å². The number of carbonyl (C=O) groups is 1. The molecular weight excluding hydrogens is 384 g/mol. The zero-order chi connectivity index (χ0) is 17.7. The molecule has 0 atom stereocenters. The molecular formula is C15H11Cl2F3N2OS. The Kier molecular flexibility index (Phi) is 6.37. The van der Waals surface area contributed by atoms with Crippen LogP contribution >= 0.6 is 35.0 Å². The first-order chi connectivity index (χ1) is 11.3. The average molecular weight is 395 g/mol. The summed E-state index contributed by atoms with van der Waals surface area (Å²) in [5, 5.41) is 2.63. The minimum atomic E-state index is -4.47. The zero-order valence-corrected chi connectivity index (χ0v) is 14.4. The molecule has 0 bridgehead atoms. The van der Waals surface area contributed by atoms with Gasteiger partial charge in [-0.15, -0.1) is 11.8 Å². The molecule has 24 heavy (non-hydrogen) atoms. The number of halogens is 5. The van der Waals surface area contributed by atoms with Gasteiger partial charge in [0.05, 0.1) is 15.7 Å². The number of rotatable bonds is 5. The van der Waals surface area contributed by atoms with Crippen molar-refractivity contribution in [3.8, 4) is 0 Å². The molecule has 0 saturated carbocycles. The third kappa shape index (κ3) is 5.58. The summed E-state index contributed by atoms with van der Waals surface area (Å²) >= 11 is 13.4. The lowest BCUT2D eigenvalue weighted by molar-refractivity contribution is -0.123. The second kappa shape index (κ2) is 8.09. The topological polar surface area (TPSA) is 42.0 Å². The first-order valence-corrected chi connectivity index (χ1v) is 8.38. The molecule has 1 heterocycles. The van der Waals surface area contributed by atoms with Crippen LogP contribution in [0.1, 0.15) is 16.2 Å². The van der Waals surface area contributed by atoms with Crippen LogP contribution in [0.4, 0.5) is 13.2 Å². The number of aromatic nitrogens is 1. The van der Waals surface area contributed by atoms with Crippen molar-refractivity contribution in [3.05, 3.63) is 57.8 Å². The summed E-state index contributed by atoms with van der Waals surface area (Å²) < 4.78 is 36.4. The highest BCUT2D eigenvalue weighted by atomic mass is 35.5. The molecule has 0 aliphatic carbocycles. The van der Waals surface area contributed by atoms with Gasteiger partial charge in [0.2, 0.25) is 0 Å². The van der Waals surface area contributed by atoms with Gasteiger partial charge in [0.25, 0.3) is 5.91 Å². The van der Waals surface area contributed by atoms with E-state index in [1.807, 2.05) is 0 Å². The van der Waals surface area contributed by atoms with Gasteiger partial charge in [-0.05, 0) is 24.3 Å². The van der Waals surface area contributed by atoms with E-state index in [-0.39, 0.29) is 5.69 Å². The van der Waals surface area contributed by atoms with Gasteiger partial charge in [0, 0.05) is 10.6 Å². The molecule has 0 unspecified atom stereocenters. The third-order valence-electron chi connectivity index (χ3n) is 2.78. The fourth-order valence-corrected chi connectivity index (χ4v) is 3.10. The van der Waals surface area contributed by atoms with Crippen molar-refractivity contribution in [2.45, 2.75) is 16.8 Å². The molecule has 1 N–H and O–H groups in total. The van der Waals surface area contributed by atoms with Gasteiger partial charge in [0.1, 0.15) is 12.2 Å². The van der Waals surface area contributed by atoms with E-state index in [1.54, 1.807) is 35.6 Å². The van der Waals surface area contributed by atoms with Crippen LogP contribution in [-0.4, -0.2) is 23.6 Å². The maximum absolute atomic E-state index is 12.1. The van der Waals surface area contributed by atoms with Crippen LogP contribution in [0.5, 0.6) is 0 Å². The highest BCUT2D eigenvalue weighted by Crippen LogP contribution is 2.34. The van der Waals surface area contributed by atoms with Crippen LogP contribution in [0.15, 0.2) is 41.3 Å². The van der Waals surface area contributed by atoms with Crippen LogP contribution in [0.2, 0.25) is 10.0 Å². The quantitative estimate of drug-likeness (QED) is 0.727. The van der Waals surface area contributed by atoms with Gasteiger partial charge in [-0.1, -0.05) is 35.3 Å². The van der Waals surface area contributed by atoms with Gasteiger partial charge in [-0.3, -0.25) is 4.79 Å². The summed E-state index contributed by atoms with van der Waals surface area (Å²) in [6.45, 7) is -1.40. The molecule has 1 amide bonds. The van der Waals surface area contributed by atoms with E-state index >= 15 is 0 Å². The number of amides is 1. The first-order valence-electron chi connectivity index (χ1n) is 6.64. The second-order valence-electron chi connectivity index (χ2n) is 4.65. The molecule has 128 valence electrons. The van der Waals surface area contributed by atoms with Crippen molar-refractivity contribution < 1.29 is 18.0 Å². The Morgan fingerprint density at radius 2 is 1.88 bits per heavy atom. The number of pyridine rings is 1. The van der Waals surface area contributed by atoms with Crippen molar-refractivity contribution in [1.29, 1.82) is 0 Å². The number of hydrogen-bond acceptors (Lipinski definition) is 3. The van der Waals surface area contributed by atoms with Crippen LogP contribution < -0.4 is 5.32 Å². The monoisotopic (exact) mass is 394 g/mol. The SMILES string of the molecule is O=C(NCC(F)(F)F)c1cccc(CSc2cccc(Cl)c2Cl)n1. The summed E-state index contributed by atoms with van der Waals surface area (Å²) in [4.78, 5) is 16.5. The Labute approximate surface area is 150 Å². The number of benzene rings is 1. The number of thioether (sulfide) groups is 1. The highest BCUT2D eigenvalue weighted by molar-refractivity contribution is 7.98. The second-order valence-corrected chi connectivity index (χ2v) is 6.45. The summed E-state index contributed by atoms with van der Waals surface area (Å²) in [5.41, 5.74) is 0.463. The maximum Gasteiger partial charge on any atom is 0.405 e. The standard InChI is InChI=1S/C15H11Cl2F3N2OS/c16-10-4-2-6-12(13(10)17)24-7-9-3-1-5-11(22-9)14(23)21-8-15(18,19)20/h1-6H,7-8H2,(H,21,23). The van der Waals surface area contributed by atoms with Gasteiger partial charge < -0.3 is 5.32 Å². The third-order valence-corrected chi connectivity index (χ3v) is 4.80. The largest absolute Gasteiger partial charge is 0.405 e. The van der Waals surface area contributed by atoms with E-state index in [4.69, 9.17) is 23.2 Å². The Morgan fingerprint density at radius 1 is 1.17 bits per heavy atom. The van der Waals surface area contributed by atoms with Crippen molar-refractivity contribution in [2.24, 2.45) is 0 Å². The van der Waals surface area contributed by atoms with Crippen molar-refractivity contribution >= 4 is 40.9 Å². The summed E-state index contributed by atoms with van der Waals surface area (Å²) in [6, 6.07) is 9.80. The minimum Gasteiger partial charge on any atom is -0.342 e. The molecule has 9 heteroatoms. The maximum atomic E-state index is 12.1. The summed E-state index contributed by atoms with van der Waals surface area (Å²) in [5.74, 6) is -0.486. The van der Waals surface area contributed by atoms with E-state index in [0.29, 0.717) is 21.5 Å². The Morgan fingerprint density at radius 3 is 2.58 bits per heavy atom. The van der Waals surface area contributed by atoms with Crippen LogP contribution in [0.3, 0.4) is 0 Å². The smallest absolute Gasteiger partial charge is 0.342 e. The van der Waals surface area contributed by atoms with E-state index in [1.165, 1.54) is 17.8 Å². The van der Waals surface area contributed by atoms with Crippen molar-refractivity contribution in [1.82, 2.24) is 10.3 Å². The summed E-state index contributed by atoms with van der Waals surface area (Å²) in [6.07, 6.45) is -4.47. The number of alkyl halides is 3. The van der Waals surface area contributed by atoms with Gasteiger partial charge in [0.15, 0.2) is 0 Å². The lowest BCUT2D eigenvalue weighted by Gasteiger charge is -2.09. The van der Waals surface area contributed by atoms with E-state index < -0.39 is 18.6 Å². The van der Waals surface area contributed by atoms with E-state index in [0.717, 1.165) is 4.90 Å². The van der Waals surface area contributed by atoms with Gasteiger partial charge in [-0.2, -0.15) is 13.2 Å². The number of carbonyl (C=O) groups excluding carboxylic acids is 1. The van der Waals surface area contributed by atoms with Gasteiger partial charge in [-0.25, -0.2) is 4.98 Å².